The van der Waals surface area contributed by atoms with Crippen LogP contribution in [0.3, 0.4) is 0 Å². The first-order valence-electron chi connectivity index (χ1n) is 32.4. The lowest BCUT2D eigenvalue weighted by Crippen LogP contribution is -2.42. The molecule has 436 valence electrons. The summed E-state index contributed by atoms with van der Waals surface area (Å²) in [6.45, 7) is 4.52. The molecule has 7 aliphatic rings. The molecular formula is C80H72N4O4. The monoisotopic (exact) mass is 1150 g/mol. The molecule has 0 unspecified atom stereocenters. The van der Waals surface area contributed by atoms with Crippen molar-refractivity contribution in [1.29, 1.82) is 0 Å². The molecule has 5 heterocycles. The van der Waals surface area contributed by atoms with E-state index in [1.165, 1.54) is 22.3 Å². The number of rotatable bonds is 8. The van der Waals surface area contributed by atoms with Gasteiger partial charge in [-0.3, -0.25) is 9.59 Å². The predicted octanol–water partition coefficient (Wildman–Crippen LogP) is 14.7. The molecule has 88 heavy (non-hydrogen) atoms. The van der Waals surface area contributed by atoms with Crippen LogP contribution in [0.5, 0.6) is 23.0 Å². The van der Waals surface area contributed by atoms with Crippen molar-refractivity contribution in [3.05, 3.63) is 283 Å². The maximum Gasteiger partial charge on any atom is 0.139 e. The summed E-state index contributed by atoms with van der Waals surface area (Å²) in [4.78, 5) is 42.6. The Morgan fingerprint density at radius 1 is 0.375 bits per heavy atom. The summed E-state index contributed by atoms with van der Waals surface area (Å²) in [6.07, 6.45) is 11.7. The van der Waals surface area contributed by atoms with E-state index in [1.807, 2.05) is 0 Å². The van der Waals surface area contributed by atoms with Gasteiger partial charge in [-0.2, -0.15) is 0 Å². The zero-order valence-electron chi connectivity index (χ0n) is 50.1. The first kappa shape index (κ1) is 53.1. The average molecular weight is 1150 g/mol. The number of ether oxygens (including phenoxy) is 2. The van der Waals surface area contributed by atoms with Crippen LogP contribution in [0.1, 0.15) is 157 Å². The fourth-order valence-electron chi connectivity index (χ4n) is 18.3. The number of nitrogens with one attached hydrogen (secondary N) is 4. The van der Waals surface area contributed by atoms with Crippen molar-refractivity contribution in [2.45, 2.75) is 103 Å². The van der Waals surface area contributed by atoms with Gasteiger partial charge in [0, 0.05) is 90.1 Å². The van der Waals surface area contributed by atoms with Gasteiger partial charge in [0.15, 0.2) is 0 Å². The van der Waals surface area contributed by atoms with Crippen LogP contribution in [0, 0.1) is 34.5 Å². The van der Waals surface area contributed by atoms with E-state index < -0.39 is 0 Å². The van der Waals surface area contributed by atoms with Crippen LogP contribution in [0.4, 0.5) is 0 Å². The number of fused-ring (bicyclic) bond motifs is 18. The zero-order chi connectivity index (χ0) is 58.8. The van der Waals surface area contributed by atoms with Crippen molar-refractivity contribution >= 4 is 33.9 Å². The number of aromatic amines is 4. The molecule has 4 saturated carbocycles. The highest BCUT2D eigenvalue weighted by molar-refractivity contribution is 5.89. The molecule has 6 aliphatic carbocycles. The lowest BCUT2D eigenvalue weighted by Gasteiger charge is -2.48. The first-order valence-corrected chi connectivity index (χ1v) is 32.4. The molecule has 4 N–H and O–H groups in total. The van der Waals surface area contributed by atoms with E-state index in [1.54, 1.807) is 0 Å². The van der Waals surface area contributed by atoms with Gasteiger partial charge < -0.3 is 29.4 Å². The normalized spacial score (nSPS) is 25.1. The molecule has 10 aromatic rings. The zero-order valence-corrected chi connectivity index (χ0v) is 50.1. The van der Waals surface area contributed by atoms with Crippen LogP contribution in [-0.4, -0.2) is 31.5 Å². The largest absolute Gasteiger partial charge is 0.457 e. The number of aryl methyl sites for hydroxylation is 2. The summed E-state index contributed by atoms with van der Waals surface area (Å²) in [7, 11) is 0. The van der Waals surface area contributed by atoms with Gasteiger partial charge in [-0.25, -0.2) is 0 Å². The molecule has 0 saturated heterocycles. The van der Waals surface area contributed by atoms with Gasteiger partial charge in [0.2, 0.25) is 0 Å². The molecular weight excluding hydrogens is 1080 g/mol. The minimum Gasteiger partial charge on any atom is -0.457 e. The molecule has 0 amide bonds. The number of ketones is 2. The summed E-state index contributed by atoms with van der Waals surface area (Å²) in [5.74, 6) is 6.77. The molecule has 0 radical (unpaired) electrons. The van der Waals surface area contributed by atoms with Gasteiger partial charge in [0.1, 0.15) is 34.6 Å². The first-order chi connectivity index (χ1) is 43.1. The topological polar surface area (TPSA) is 116 Å². The van der Waals surface area contributed by atoms with Crippen LogP contribution in [0.2, 0.25) is 0 Å². The highest BCUT2D eigenvalue weighted by Crippen LogP contribution is 2.61. The molecule has 17 rings (SSSR count). The van der Waals surface area contributed by atoms with Gasteiger partial charge in [-0.15, -0.1) is 0 Å². The third kappa shape index (κ3) is 8.59. The molecule has 8 bridgehead atoms. The minimum absolute atomic E-state index is 0.171. The Morgan fingerprint density at radius 3 is 1.17 bits per heavy atom. The average Bonchev–Trinajstić information content (AvgIpc) is 1.57. The number of H-pyrrole nitrogens is 4. The van der Waals surface area contributed by atoms with Crippen LogP contribution in [0.15, 0.2) is 194 Å². The molecule has 8 heteroatoms. The standard InChI is InChI=1S/C80H72N4O4/c1-79-43-41-56-54-27-23-52(45-50(54)21-25-58(56)60(79)29-39-72(79)85)87-70-19-12-20-71(88-53-24-28-55-51(46-53)22-26-59-57(55)42-44-80(2)61(59)30-40-73(80)86)78(70)77-68-37-35-66(83-68)75(48-15-8-4-9-16-48)64-33-31-62(81-64)74(47-13-6-3-7-14-47)63-32-34-65(82-63)76(49-17-10-5-11-18-49)67-36-38-69(77)84-67/h3-20,23-24,27-28,31-38,45-46,56-61,81-84H,21-22,25-26,29-30,39-44H2,1-2H3/t56-,57-,58-,59-,60+,61+,79+,80+/m1/s1. The molecule has 4 aromatic heterocycles. The van der Waals surface area contributed by atoms with Crippen LogP contribution >= 0.6 is 0 Å². The van der Waals surface area contributed by atoms with Gasteiger partial charge in [-0.1, -0.05) is 123 Å². The summed E-state index contributed by atoms with van der Waals surface area (Å²) >= 11 is 0. The van der Waals surface area contributed by atoms with Crippen molar-refractivity contribution in [1.82, 2.24) is 19.9 Å². The molecule has 8 atom stereocenters. The third-order valence-electron chi connectivity index (χ3n) is 22.6. The minimum atomic E-state index is -0.171. The van der Waals surface area contributed by atoms with E-state index >= 15 is 0 Å². The van der Waals surface area contributed by atoms with Crippen molar-refractivity contribution in [3.63, 3.8) is 0 Å². The maximum atomic E-state index is 13.3. The number of carbonyl (C=O) groups is 2. The number of aromatic nitrogens is 4. The third-order valence-corrected chi connectivity index (χ3v) is 22.6. The molecule has 8 nitrogen and oxygen atoms in total. The molecule has 4 fully saturated rings. The highest BCUT2D eigenvalue weighted by Gasteiger charge is 2.56. The SMILES string of the molecule is C[C@]12CC[C@@H]3c4ccc(Oc5cccc(Oc6ccc7c(c6)CC[C@@H]6[C@@H]7CC[C@]7(C)C(=O)CC[C@@H]67)c5C5=c6ccc([nH]6)=C(c6ccccc6)c6ccc([nH]6)C(c6ccccc6)=c6ccc([nH]6)=C(c6ccccc6)c6ccc5[nH]6)cc4CC[C@H]3[C@@H]1CCC2=O. The second kappa shape index (κ2) is 20.8. The molecule has 6 aromatic carbocycles. The summed E-state index contributed by atoms with van der Waals surface area (Å²) < 4.78 is 14.8. The van der Waals surface area contributed by atoms with Crippen molar-refractivity contribution < 1.29 is 19.1 Å². The number of carbonyl (C=O) groups excluding carboxylic acids is 2. The molecule has 1 aliphatic heterocycles. The Hall–Kier alpha value is -9.14. The molecule has 0 spiro atoms. The predicted molar refractivity (Wildman–Crippen MR) is 346 cm³/mol. The van der Waals surface area contributed by atoms with Crippen molar-refractivity contribution in [2.24, 2.45) is 34.5 Å². The number of hydrogen-bond acceptors (Lipinski definition) is 4. The Morgan fingerprint density at radius 2 is 0.761 bits per heavy atom. The van der Waals surface area contributed by atoms with E-state index in [4.69, 9.17) is 9.47 Å². The van der Waals surface area contributed by atoms with Crippen LogP contribution in [-0.2, 0) is 22.4 Å². The van der Waals surface area contributed by atoms with Gasteiger partial charge >= 0.3 is 0 Å². The fraction of sp³-hybridized carbons (Fsp3) is 0.275. The van der Waals surface area contributed by atoms with Crippen molar-refractivity contribution in [3.8, 4) is 23.0 Å². The Bertz CT molecular complexity index is 4590. The van der Waals surface area contributed by atoms with Crippen LogP contribution in [0.25, 0.3) is 22.3 Å². The van der Waals surface area contributed by atoms with E-state index in [9.17, 15) is 9.59 Å². The van der Waals surface area contributed by atoms with E-state index in [0.717, 1.165) is 177 Å². The Kier molecular flexibility index (Phi) is 12.5. The van der Waals surface area contributed by atoms with Gasteiger partial charge in [0.05, 0.1) is 5.56 Å². The maximum absolute atomic E-state index is 13.3. The van der Waals surface area contributed by atoms with Crippen molar-refractivity contribution in [2.75, 3.05) is 0 Å². The number of hydrogen-bond donors (Lipinski definition) is 4. The van der Waals surface area contributed by atoms with E-state index in [2.05, 4.69) is 228 Å². The van der Waals surface area contributed by atoms with Gasteiger partial charge in [-0.05, 0) is 224 Å². The fourth-order valence-corrected chi connectivity index (χ4v) is 18.3. The van der Waals surface area contributed by atoms with E-state index in [-0.39, 0.29) is 10.8 Å². The summed E-state index contributed by atoms with van der Waals surface area (Å²) in [6, 6.07) is 69.5. The van der Waals surface area contributed by atoms with E-state index in [0.29, 0.717) is 58.6 Å². The second-order valence-electron chi connectivity index (χ2n) is 27.0. The lowest BCUT2D eigenvalue weighted by atomic mass is 9.55. The number of Topliss-reactive ketones (excluding diaryl/α,β-unsaturated/α-hetero) is 2. The Labute approximate surface area is 513 Å². The lowest BCUT2D eigenvalue weighted by molar-refractivity contribution is -0.130. The Balaban J connectivity index is 0.865. The van der Waals surface area contributed by atoms with Crippen LogP contribution < -0.4 is 30.9 Å². The smallest absolute Gasteiger partial charge is 0.139 e. The summed E-state index contributed by atoms with van der Waals surface area (Å²) in [5, 5.41) is 3.80. The number of benzene rings is 6. The second-order valence-corrected chi connectivity index (χ2v) is 27.0. The van der Waals surface area contributed by atoms with Gasteiger partial charge in [0.25, 0.3) is 0 Å². The highest BCUT2D eigenvalue weighted by atomic mass is 16.5. The quantitative estimate of drug-likeness (QED) is 0.121. The summed E-state index contributed by atoms with van der Waals surface area (Å²) in [5.41, 5.74) is 17.1.